The van der Waals surface area contributed by atoms with Crippen molar-refractivity contribution in [2.45, 2.75) is 32.2 Å². The second-order valence-electron chi connectivity index (χ2n) is 8.01. The highest BCUT2D eigenvalue weighted by atomic mass is 16.5. The summed E-state index contributed by atoms with van der Waals surface area (Å²) in [4.78, 5) is 24.5. The van der Waals surface area contributed by atoms with Gasteiger partial charge in [0.25, 0.3) is 0 Å². The summed E-state index contributed by atoms with van der Waals surface area (Å²) in [5.41, 5.74) is 9.59. The highest BCUT2D eigenvalue weighted by Gasteiger charge is 2.14. The molecule has 3 heterocycles. The highest BCUT2D eigenvalue weighted by Crippen LogP contribution is 2.36. The van der Waals surface area contributed by atoms with Gasteiger partial charge in [-0.2, -0.15) is 0 Å². The lowest BCUT2D eigenvalue weighted by Gasteiger charge is -2.15. The molecule has 3 aromatic heterocycles. The number of aryl methyl sites for hydroxylation is 1. The van der Waals surface area contributed by atoms with Gasteiger partial charge in [-0.25, -0.2) is 9.78 Å². The van der Waals surface area contributed by atoms with Crippen LogP contribution in [-0.4, -0.2) is 46.4 Å². The van der Waals surface area contributed by atoms with Crippen LogP contribution in [0.3, 0.4) is 0 Å². The van der Waals surface area contributed by atoms with Gasteiger partial charge in [-0.05, 0) is 48.4 Å². The van der Waals surface area contributed by atoms with Gasteiger partial charge in [0.15, 0.2) is 11.5 Å². The summed E-state index contributed by atoms with van der Waals surface area (Å²) in [5, 5.41) is 14.1. The van der Waals surface area contributed by atoms with E-state index in [0.29, 0.717) is 35.9 Å². The van der Waals surface area contributed by atoms with Crippen molar-refractivity contribution in [1.82, 2.24) is 20.3 Å². The molecule has 1 aromatic carbocycles. The number of carboxylic acid groups (broad SMARTS) is 1. The van der Waals surface area contributed by atoms with Crippen LogP contribution >= 0.6 is 0 Å². The molecule has 9 heteroatoms. The third-order valence-electron chi connectivity index (χ3n) is 5.91. The van der Waals surface area contributed by atoms with Crippen molar-refractivity contribution in [2.24, 2.45) is 0 Å². The Morgan fingerprint density at radius 1 is 1.06 bits per heavy atom. The molecule has 4 aromatic rings. The third-order valence-corrected chi connectivity index (χ3v) is 5.91. The minimum absolute atomic E-state index is 0.110. The number of anilines is 1. The van der Waals surface area contributed by atoms with Crippen LogP contribution in [-0.2, 0) is 6.42 Å². The molecule has 0 bridgehead atoms. The Labute approximate surface area is 197 Å². The average molecular weight is 462 g/mol. The molecule has 4 N–H and O–H groups in total. The lowest BCUT2D eigenvalue weighted by Crippen LogP contribution is -2.33. The number of nitrogen functional groups attached to an aromatic ring is 1. The quantitative estimate of drug-likeness (QED) is 0.328. The molecular formula is C25H27N5O4. The molecule has 0 aliphatic rings. The number of nitrogens with two attached hydrogens (primary N) is 1. The number of nitrogens with one attached hydrogen (secondary N) is 1. The standard InChI is InChI=1S/C25H27N5O4/c1-4-16(29-25(31)32)6-5-14-7-15(12-27-11-14)20-8-17-18-9-22(33-2)23(34-3)10-21(18)28-13-19(17)24(26)30-20/h7-13,16,29H,4-6H2,1-3H3,(H2,26,30)(H,31,32)/t16-/m1/s1. The average Bonchev–Trinajstić information content (AvgIpc) is 2.85. The Bertz CT molecular complexity index is 1360. The maximum absolute atomic E-state index is 11.0. The summed E-state index contributed by atoms with van der Waals surface area (Å²) in [6.45, 7) is 1.96. The minimum Gasteiger partial charge on any atom is -0.493 e. The van der Waals surface area contributed by atoms with Crippen LogP contribution in [0.5, 0.6) is 11.5 Å². The second kappa shape index (κ2) is 9.78. The van der Waals surface area contributed by atoms with Crippen molar-refractivity contribution in [3.05, 3.63) is 48.4 Å². The van der Waals surface area contributed by atoms with Gasteiger partial charge in [0.1, 0.15) is 5.82 Å². The van der Waals surface area contributed by atoms with E-state index in [1.807, 2.05) is 31.2 Å². The first-order valence-electron chi connectivity index (χ1n) is 11.0. The molecule has 176 valence electrons. The maximum atomic E-state index is 11.0. The van der Waals surface area contributed by atoms with Crippen molar-refractivity contribution in [1.29, 1.82) is 0 Å². The zero-order chi connectivity index (χ0) is 24.2. The lowest BCUT2D eigenvalue weighted by molar-refractivity contribution is 0.188. The van der Waals surface area contributed by atoms with Crippen LogP contribution in [0.1, 0.15) is 25.3 Å². The predicted octanol–water partition coefficient (Wildman–Crippen LogP) is 4.42. The van der Waals surface area contributed by atoms with Crippen molar-refractivity contribution in [3.63, 3.8) is 0 Å². The molecule has 0 fully saturated rings. The highest BCUT2D eigenvalue weighted by molar-refractivity contribution is 6.10. The van der Waals surface area contributed by atoms with Crippen molar-refractivity contribution < 1.29 is 19.4 Å². The largest absolute Gasteiger partial charge is 0.493 e. The summed E-state index contributed by atoms with van der Waals surface area (Å²) >= 11 is 0. The Morgan fingerprint density at radius 3 is 2.53 bits per heavy atom. The summed E-state index contributed by atoms with van der Waals surface area (Å²) in [6.07, 6.45) is 6.33. The van der Waals surface area contributed by atoms with E-state index in [2.05, 4.69) is 20.3 Å². The number of aromatic nitrogens is 3. The summed E-state index contributed by atoms with van der Waals surface area (Å²) < 4.78 is 10.9. The molecule has 4 rings (SSSR count). The first-order valence-corrected chi connectivity index (χ1v) is 11.0. The van der Waals surface area contributed by atoms with E-state index in [1.54, 1.807) is 32.8 Å². The fraction of sp³-hybridized carbons (Fsp3) is 0.280. The number of carbonyl (C=O) groups is 1. The molecular weight excluding hydrogens is 434 g/mol. The van der Waals surface area contributed by atoms with Crippen molar-refractivity contribution in [2.75, 3.05) is 20.0 Å². The number of hydrogen-bond acceptors (Lipinski definition) is 7. The zero-order valence-electron chi connectivity index (χ0n) is 19.3. The smallest absolute Gasteiger partial charge is 0.404 e. The van der Waals surface area contributed by atoms with E-state index in [-0.39, 0.29) is 6.04 Å². The van der Waals surface area contributed by atoms with E-state index in [0.717, 1.165) is 39.2 Å². The summed E-state index contributed by atoms with van der Waals surface area (Å²) in [6, 6.07) is 7.61. The lowest BCUT2D eigenvalue weighted by atomic mass is 10.0. The molecule has 0 aliphatic heterocycles. The normalized spacial score (nSPS) is 12.0. The monoisotopic (exact) mass is 461 g/mol. The summed E-state index contributed by atoms with van der Waals surface area (Å²) in [5.74, 6) is 1.58. The van der Waals surface area contributed by atoms with E-state index < -0.39 is 6.09 Å². The minimum atomic E-state index is -1.01. The van der Waals surface area contributed by atoms with Crippen LogP contribution in [0.4, 0.5) is 10.6 Å². The molecule has 1 amide bonds. The Balaban J connectivity index is 1.74. The van der Waals surface area contributed by atoms with Gasteiger partial charge in [-0.15, -0.1) is 0 Å². The molecule has 0 unspecified atom stereocenters. The first-order chi connectivity index (χ1) is 16.4. The molecule has 9 nitrogen and oxygen atoms in total. The van der Waals surface area contributed by atoms with Gasteiger partial charge < -0.3 is 25.6 Å². The molecule has 0 saturated heterocycles. The number of pyridine rings is 3. The van der Waals surface area contributed by atoms with Gasteiger partial charge in [-0.1, -0.05) is 6.92 Å². The van der Waals surface area contributed by atoms with Gasteiger partial charge in [0.2, 0.25) is 0 Å². The maximum Gasteiger partial charge on any atom is 0.404 e. The summed E-state index contributed by atoms with van der Waals surface area (Å²) in [7, 11) is 3.18. The van der Waals surface area contributed by atoms with Crippen LogP contribution in [0.2, 0.25) is 0 Å². The number of methoxy groups -OCH3 is 2. The molecule has 0 aliphatic carbocycles. The topological polar surface area (TPSA) is 132 Å². The van der Waals surface area contributed by atoms with Gasteiger partial charge in [0, 0.05) is 47.0 Å². The number of fused-ring (bicyclic) bond motifs is 3. The fourth-order valence-corrected chi connectivity index (χ4v) is 4.06. The zero-order valence-corrected chi connectivity index (χ0v) is 19.3. The van der Waals surface area contributed by atoms with E-state index in [1.165, 1.54) is 0 Å². The van der Waals surface area contributed by atoms with Crippen molar-refractivity contribution in [3.8, 4) is 22.8 Å². The van der Waals surface area contributed by atoms with Gasteiger partial charge >= 0.3 is 6.09 Å². The number of benzene rings is 1. The molecule has 0 spiro atoms. The van der Waals surface area contributed by atoms with Crippen LogP contribution in [0.15, 0.2) is 42.9 Å². The molecule has 0 saturated carbocycles. The third kappa shape index (κ3) is 4.63. The molecule has 1 atom stereocenters. The Hall–Kier alpha value is -4.14. The van der Waals surface area contributed by atoms with Gasteiger partial charge in [-0.3, -0.25) is 9.97 Å². The first kappa shape index (κ1) is 23.0. The number of rotatable bonds is 8. The Morgan fingerprint density at radius 2 is 1.82 bits per heavy atom. The van der Waals surface area contributed by atoms with Crippen LogP contribution in [0, 0.1) is 0 Å². The fourth-order valence-electron chi connectivity index (χ4n) is 4.06. The number of nitrogens with zero attached hydrogens (tertiary/aromatic N) is 3. The second-order valence-corrected chi connectivity index (χ2v) is 8.01. The predicted molar refractivity (Wildman–Crippen MR) is 131 cm³/mol. The molecule has 0 radical (unpaired) electrons. The number of ether oxygens (including phenoxy) is 2. The van der Waals surface area contributed by atoms with E-state index >= 15 is 0 Å². The van der Waals surface area contributed by atoms with E-state index in [9.17, 15) is 4.79 Å². The van der Waals surface area contributed by atoms with E-state index in [4.69, 9.17) is 20.3 Å². The molecule has 34 heavy (non-hydrogen) atoms. The number of amides is 1. The SMILES string of the molecule is CC[C@H](CCc1cncc(-c2cc3c(cnc4cc(OC)c(OC)cc43)c(N)n2)c1)NC(=O)O. The van der Waals surface area contributed by atoms with Crippen LogP contribution < -0.4 is 20.5 Å². The van der Waals surface area contributed by atoms with Crippen LogP contribution in [0.25, 0.3) is 32.9 Å². The number of hydrogen-bond donors (Lipinski definition) is 3. The van der Waals surface area contributed by atoms with Crippen molar-refractivity contribution >= 4 is 33.6 Å². The van der Waals surface area contributed by atoms with Gasteiger partial charge in [0.05, 0.1) is 25.4 Å². The Kier molecular flexibility index (Phi) is 6.62.